The van der Waals surface area contributed by atoms with Gasteiger partial charge in [-0.1, -0.05) is 47.5 Å². The van der Waals surface area contributed by atoms with Crippen LogP contribution in [0.4, 0.5) is 10.1 Å². The van der Waals surface area contributed by atoms with E-state index in [1.54, 1.807) is 23.1 Å². The van der Waals surface area contributed by atoms with Gasteiger partial charge in [0.1, 0.15) is 12.4 Å². The summed E-state index contributed by atoms with van der Waals surface area (Å²) in [6.07, 6.45) is 0. The molecule has 0 unspecified atom stereocenters. The normalized spacial score (nSPS) is 16.0. The van der Waals surface area contributed by atoms with Crippen molar-refractivity contribution >= 4 is 17.5 Å². The number of carbonyl (C=O) groups excluding carboxylic acids is 2. The Hall–Kier alpha value is -3.47. The molecule has 0 aliphatic carbocycles. The summed E-state index contributed by atoms with van der Waals surface area (Å²) < 4.78 is 13.6. The molecule has 1 aliphatic rings. The quantitative estimate of drug-likeness (QED) is 0.696. The van der Waals surface area contributed by atoms with Gasteiger partial charge in [-0.25, -0.2) is 4.39 Å². The minimum atomic E-state index is -0.516. The second-order valence-electron chi connectivity index (χ2n) is 7.40. The Morgan fingerprint density at radius 2 is 1.72 bits per heavy atom. The van der Waals surface area contributed by atoms with Crippen molar-refractivity contribution in [2.75, 3.05) is 11.9 Å². The number of hydrogen-bond donors (Lipinski definition) is 1. The van der Waals surface area contributed by atoms with Crippen LogP contribution < -0.4 is 5.32 Å². The zero-order chi connectivity index (χ0) is 20.5. The molecule has 5 heteroatoms. The molecule has 3 aromatic rings. The molecule has 146 valence electrons. The summed E-state index contributed by atoms with van der Waals surface area (Å²) in [7, 11) is 0. The molecule has 0 saturated heterocycles. The Labute approximate surface area is 169 Å². The van der Waals surface area contributed by atoms with Crippen molar-refractivity contribution in [2.45, 2.75) is 19.9 Å². The number of aryl methyl sites for hydroxylation is 2. The lowest BCUT2D eigenvalue weighted by Crippen LogP contribution is -2.39. The van der Waals surface area contributed by atoms with Gasteiger partial charge in [0.2, 0.25) is 5.91 Å². The van der Waals surface area contributed by atoms with Gasteiger partial charge >= 0.3 is 0 Å². The van der Waals surface area contributed by atoms with Crippen molar-refractivity contribution in [3.63, 3.8) is 0 Å². The predicted octanol–water partition coefficient (Wildman–Crippen LogP) is 4.63. The molecule has 3 aromatic carbocycles. The van der Waals surface area contributed by atoms with Gasteiger partial charge in [0.05, 0.1) is 6.04 Å². The summed E-state index contributed by atoms with van der Waals surface area (Å²) in [5, 5.41) is 2.90. The largest absolute Gasteiger partial charge is 0.324 e. The van der Waals surface area contributed by atoms with Crippen LogP contribution in [0.2, 0.25) is 0 Å². The lowest BCUT2D eigenvalue weighted by atomic mass is 9.94. The van der Waals surface area contributed by atoms with E-state index in [-0.39, 0.29) is 24.2 Å². The molecular weight excluding hydrogens is 367 g/mol. The Bertz CT molecular complexity index is 1090. The summed E-state index contributed by atoms with van der Waals surface area (Å²) in [4.78, 5) is 27.6. The second-order valence-corrected chi connectivity index (χ2v) is 7.40. The predicted molar refractivity (Wildman–Crippen MR) is 110 cm³/mol. The fraction of sp³-hybridized carbons (Fsp3) is 0.167. The minimum absolute atomic E-state index is 0.0947. The second kappa shape index (κ2) is 7.51. The molecular formula is C24H21FN2O2. The summed E-state index contributed by atoms with van der Waals surface area (Å²) in [5.74, 6) is -0.856. The lowest BCUT2D eigenvalue weighted by molar-refractivity contribution is -0.117. The number of nitrogens with zero attached hydrogens (tertiary/aromatic N) is 1. The molecule has 2 amide bonds. The van der Waals surface area contributed by atoms with Crippen LogP contribution in [0.1, 0.15) is 38.7 Å². The van der Waals surface area contributed by atoms with Crippen molar-refractivity contribution in [3.8, 4) is 0 Å². The molecule has 29 heavy (non-hydrogen) atoms. The number of nitrogens with one attached hydrogen (secondary N) is 1. The highest BCUT2D eigenvalue weighted by atomic mass is 19.1. The van der Waals surface area contributed by atoms with Crippen LogP contribution in [0.3, 0.4) is 0 Å². The average molecular weight is 388 g/mol. The molecule has 0 radical (unpaired) electrons. The minimum Gasteiger partial charge on any atom is -0.324 e. The molecule has 0 aromatic heterocycles. The number of fused-ring (bicyclic) bond motifs is 1. The van der Waals surface area contributed by atoms with Gasteiger partial charge in [0.25, 0.3) is 5.91 Å². The fourth-order valence-electron chi connectivity index (χ4n) is 3.76. The fourth-order valence-corrected chi connectivity index (χ4v) is 3.76. The van der Waals surface area contributed by atoms with Crippen LogP contribution in [-0.2, 0) is 4.79 Å². The van der Waals surface area contributed by atoms with Crippen molar-refractivity contribution in [1.29, 1.82) is 0 Å². The highest BCUT2D eigenvalue weighted by Crippen LogP contribution is 2.37. The third-order valence-corrected chi connectivity index (χ3v) is 5.11. The Kier molecular flexibility index (Phi) is 4.89. The first-order valence-corrected chi connectivity index (χ1v) is 9.46. The van der Waals surface area contributed by atoms with Gasteiger partial charge in [0.15, 0.2) is 0 Å². The lowest BCUT2D eigenvalue weighted by Gasteiger charge is -2.31. The number of anilines is 1. The van der Waals surface area contributed by atoms with Gasteiger partial charge in [-0.15, -0.1) is 0 Å². The molecule has 0 fully saturated rings. The van der Waals surface area contributed by atoms with Gasteiger partial charge < -0.3 is 10.2 Å². The Balaban J connectivity index is 1.90. The molecule has 1 heterocycles. The number of rotatable bonds is 2. The Morgan fingerprint density at radius 1 is 1.00 bits per heavy atom. The molecule has 0 spiro atoms. The first-order chi connectivity index (χ1) is 13.9. The third kappa shape index (κ3) is 3.76. The summed E-state index contributed by atoms with van der Waals surface area (Å²) >= 11 is 0. The highest BCUT2D eigenvalue weighted by molar-refractivity contribution is 6.01. The van der Waals surface area contributed by atoms with E-state index < -0.39 is 6.04 Å². The van der Waals surface area contributed by atoms with Crippen LogP contribution >= 0.6 is 0 Å². The van der Waals surface area contributed by atoms with E-state index in [1.807, 2.05) is 50.2 Å². The maximum Gasteiger partial charge on any atom is 0.255 e. The molecule has 1 aliphatic heterocycles. The van der Waals surface area contributed by atoms with Gasteiger partial charge in [-0.05, 0) is 49.7 Å². The third-order valence-electron chi connectivity index (χ3n) is 5.11. The van der Waals surface area contributed by atoms with Crippen LogP contribution in [0.25, 0.3) is 0 Å². The number of halogens is 1. The van der Waals surface area contributed by atoms with Crippen LogP contribution in [0, 0.1) is 19.7 Å². The molecule has 1 atom stereocenters. The smallest absolute Gasteiger partial charge is 0.255 e. The number of amides is 2. The van der Waals surface area contributed by atoms with Gasteiger partial charge in [-0.2, -0.15) is 0 Å². The monoisotopic (exact) mass is 388 g/mol. The first kappa shape index (κ1) is 18.9. The van der Waals surface area contributed by atoms with E-state index in [1.165, 1.54) is 12.1 Å². The van der Waals surface area contributed by atoms with E-state index in [4.69, 9.17) is 0 Å². The van der Waals surface area contributed by atoms with E-state index in [0.717, 1.165) is 22.3 Å². The summed E-state index contributed by atoms with van der Waals surface area (Å²) in [5.41, 5.74) is 4.70. The average Bonchev–Trinajstić information content (AvgIpc) is 2.84. The molecule has 1 N–H and O–H groups in total. The van der Waals surface area contributed by atoms with Crippen LogP contribution in [0.15, 0.2) is 66.7 Å². The number of hydrogen-bond acceptors (Lipinski definition) is 2. The first-order valence-electron chi connectivity index (χ1n) is 9.46. The van der Waals surface area contributed by atoms with Crippen molar-refractivity contribution in [1.82, 2.24) is 4.90 Å². The molecule has 0 saturated carbocycles. The number of carbonyl (C=O) groups is 2. The van der Waals surface area contributed by atoms with Gasteiger partial charge in [-0.3, -0.25) is 9.59 Å². The van der Waals surface area contributed by atoms with Crippen LogP contribution in [0.5, 0.6) is 0 Å². The molecule has 4 rings (SSSR count). The van der Waals surface area contributed by atoms with E-state index >= 15 is 0 Å². The molecule has 4 nitrogen and oxygen atoms in total. The van der Waals surface area contributed by atoms with Crippen molar-refractivity contribution in [2.24, 2.45) is 0 Å². The maximum atomic E-state index is 13.6. The van der Waals surface area contributed by atoms with E-state index in [0.29, 0.717) is 11.3 Å². The Morgan fingerprint density at radius 3 is 2.45 bits per heavy atom. The molecule has 0 bridgehead atoms. The van der Waals surface area contributed by atoms with Crippen molar-refractivity contribution < 1.29 is 14.0 Å². The summed E-state index contributed by atoms with van der Waals surface area (Å²) in [6.45, 7) is 3.78. The zero-order valence-electron chi connectivity index (χ0n) is 16.3. The zero-order valence-corrected chi connectivity index (χ0v) is 16.3. The number of benzene rings is 3. The van der Waals surface area contributed by atoms with E-state index in [9.17, 15) is 14.0 Å². The topological polar surface area (TPSA) is 49.4 Å². The van der Waals surface area contributed by atoms with Crippen molar-refractivity contribution in [3.05, 3.63) is 100 Å². The highest BCUT2D eigenvalue weighted by Gasteiger charge is 2.34. The summed E-state index contributed by atoms with van der Waals surface area (Å²) in [6, 6.07) is 18.6. The van der Waals surface area contributed by atoms with Gasteiger partial charge in [0, 0.05) is 16.8 Å². The maximum absolute atomic E-state index is 13.6. The SMILES string of the molecule is Cc1cccc(C(=O)N2CC(=O)Nc3ccc(C)cc3[C@@H]2c2ccc(F)cc2)c1. The van der Waals surface area contributed by atoms with Crippen LogP contribution in [-0.4, -0.2) is 23.3 Å². The standard InChI is InChI=1S/C24H21FN2O2/c1-15-4-3-5-18(12-15)24(29)27-14-22(28)26-21-11-6-16(2)13-20(21)23(27)17-7-9-19(25)10-8-17/h3-13,23H,14H2,1-2H3,(H,26,28)/t23-/m0/s1. The van der Waals surface area contributed by atoms with E-state index in [2.05, 4.69) is 5.32 Å².